The second-order valence-electron chi connectivity index (χ2n) is 8.98. The van der Waals surface area contributed by atoms with Crippen LogP contribution in [0.1, 0.15) is 25.5 Å². The van der Waals surface area contributed by atoms with Gasteiger partial charge in [-0.1, -0.05) is 41.7 Å². The molecule has 3 heterocycles. The van der Waals surface area contributed by atoms with E-state index in [2.05, 4.69) is 46.2 Å². The van der Waals surface area contributed by atoms with E-state index in [1.54, 1.807) is 29.0 Å². The Kier molecular flexibility index (Phi) is 6.88. The molecule has 2 unspecified atom stereocenters. The molecule has 2 atom stereocenters. The number of benzene rings is 2. The summed E-state index contributed by atoms with van der Waals surface area (Å²) >= 11 is 1.53. The highest BCUT2D eigenvalue weighted by atomic mass is 32.2. The monoisotopic (exact) mass is 510 g/mol. The molecule has 5 rings (SSSR count). The quantitative estimate of drug-likeness (QED) is 0.385. The Morgan fingerprint density at radius 2 is 1.83 bits per heavy atom. The molecule has 2 aromatic carbocycles. The Morgan fingerprint density at radius 3 is 2.54 bits per heavy atom. The van der Waals surface area contributed by atoms with Crippen molar-refractivity contribution in [3.05, 3.63) is 72.8 Å². The van der Waals surface area contributed by atoms with Crippen LogP contribution in [-0.4, -0.2) is 64.4 Å². The van der Waals surface area contributed by atoms with Crippen LogP contribution < -0.4 is 5.32 Å². The Balaban J connectivity index is 1.25. The topological polar surface area (TPSA) is 83.4 Å². The molecule has 184 valence electrons. The standard InChI is InChI=1S/C25H30N6O2S2/c1-19(17-29-11-10-26-18-29)27-25-28-23-16-22(8-9-24(23)34-25)35(32,33)31-14-12-30(13-15-31)20(2)21-6-4-3-5-7-21/h3-11,16,18-20H,12-15,17H2,1-2H3,(H,27,28). The summed E-state index contributed by atoms with van der Waals surface area (Å²) in [5, 5.41) is 4.20. The molecule has 35 heavy (non-hydrogen) atoms. The van der Waals surface area contributed by atoms with Crippen LogP contribution in [0, 0.1) is 0 Å². The van der Waals surface area contributed by atoms with E-state index in [9.17, 15) is 8.42 Å². The fraction of sp³-hybridized carbons (Fsp3) is 0.360. The molecule has 0 aliphatic carbocycles. The van der Waals surface area contributed by atoms with Gasteiger partial charge in [-0.05, 0) is 37.6 Å². The van der Waals surface area contributed by atoms with Gasteiger partial charge in [0, 0.05) is 57.2 Å². The number of rotatable bonds is 8. The van der Waals surface area contributed by atoms with Crippen molar-refractivity contribution in [1.29, 1.82) is 0 Å². The third-order valence-corrected chi connectivity index (χ3v) is 9.38. The van der Waals surface area contributed by atoms with Crippen molar-refractivity contribution >= 4 is 36.7 Å². The van der Waals surface area contributed by atoms with Crippen LogP contribution in [0.25, 0.3) is 10.2 Å². The van der Waals surface area contributed by atoms with Crippen LogP contribution in [0.3, 0.4) is 0 Å². The summed E-state index contributed by atoms with van der Waals surface area (Å²) in [7, 11) is -3.57. The van der Waals surface area contributed by atoms with Gasteiger partial charge < -0.3 is 9.88 Å². The molecule has 1 aliphatic rings. The Morgan fingerprint density at radius 1 is 1.06 bits per heavy atom. The number of hydrogen-bond donors (Lipinski definition) is 1. The van der Waals surface area contributed by atoms with Crippen molar-refractivity contribution in [3.8, 4) is 0 Å². The van der Waals surface area contributed by atoms with Crippen LogP contribution >= 0.6 is 11.3 Å². The number of piperazine rings is 1. The lowest BCUT2D eigenvalue weighted by Crippen LogP contribution is -2.49. The van der Waals surface area contributed by atoms with Gasteiger partial charge in [-0.2, -0.15) is 4.31 Å². The second-order valence-corrected chi connectivity index (χ2v) is 11.9. The average molecular weight is 511 g/mol. The Labute approximate surface area is 210 Å². The number of fused-ring (bicyclic) bond motifs is 1. The average Bonchev–Trinajstić information content (AvgIpc) is 3.52. The minimum Gasteiger partial charge on any atom is -0.357 e. The van der Waals surface area contributed by atoms with E-state index in [0.29, 0.717) is 36.6 Å². The predicted octanol–water partition coefficient (Wildman–Crippen LogP) is 4.06. The number of nitrogens with one attached hydrogen (secondary N) is 1. The number of thiazole rings is 1. The van der Waals surface area contributed by atoms with Crippen LogP contribution in [0.15, 0.2) is 72.1 Å². The van der Waals surface area contributed by atoms with E-state index in [0.717, 1.165) is 16.4 Å². The molecule has 8 nitrogen and oxygen atoms in total. The first-order valence-electron chi connectivity index (χ1n) is 11.8. The summed E-state index contributed by atoms with van der Waals surface area (Å²) in [6.45, 7) is 7.40. The van der Waals surface area contributed by atoms with E-state index >= 15 is 0 Å². The third kappa shape index (κ3) is 5.25. The zero-order valence-corrected chi connectivity index (χ0v) is 21.5. The molecular formula is C25H30N6O2S2. The zero-order valence-electron chi connectivity index (χ0n) is 19.9. The fourth-order valence-electron chi connectivity index (χ4n) is 4.52. The van der Waals surface area contributed by atoms with Crippen LogP contribution in [0.5, 0.6) is 0 Å². The molecule has 10 heteroatoms. The van der Waals surface area contributed by atoms with Crippen molar-refractivity contribution < 1.29 is 8.42 Å². The summed E-state index contributed by atoms with van der Waals surface area (Å²) in [6, 6.07) is 16.0. The molecule has 1 saturated heterocycles. The number of sulfonamides is 1. The molecule has 2 aromatic heterocycles. The number of hydrogen-bond acceptors (Lipinski definition) is 7. The molecule has 1 N–H and O–H groups in total. The van der Waals surface area contributed by atoms with Crippen molar-refractivity contribution in [2.75, 3.05) is 31.5 Å². The lowest BCUT2D eigenvalue weighted by molar-refractivity contribution is 0.146. The van der Waals surface area contributed by atoms with E-state index in [4.69, 9.17) is 0 Å². The van der Waals surface area contributed by atoms with Crippen molar-refractivity contribution in [1.82, 2.24) is 23.7 Å². The van der Waals surface area contributed by atoms with Gasteiger partial charge in [0.1, 0.15) is 0 Å². The maximum absolute atomic E-state index is 13.4. The molecule has 0 radical (unpaired) electrons. The maximum Gasteiger partial charge on any atom is 0.243 e. The van der Waals surface area contributed by atoms with Gasteiger partial charge in [0.2, 0.25) is 10.0 Å². The second kappa shape index (κ2) is 10.1. The first-order chi connectivity index (χ1) is 16.9. The van der Waals surface area contributed by atoms with Crippen molar-refractivity contribution in [3.63, 3.8) is 0 Å². The summed E-state index contributed by atoms with van der Waals surface area (Å²) in [4.78, 5) is 11.4. The van der Waals surface area contributed by atoms with E-state index < -0.39 is 10.0 Å². The van der Waals surface area contributed by atoms with Gasteiger partial charge in [-0.25, -0.2) is 18.4 Å². The van der Waals surface area contributed by atoms with E-state index in [1.165, 1.54) is 16.9 Å². The fourth-order valence-corrected chi connectivity index (χ4v) is 6.92. The maximum atomic E-state index is 13.4. The first-order valence-corrected chi connectivity index (χ1v) is 14.1. The number of imidazole rings is 1. The van der Waals surface area contributed by atoms with Crippen LogP contribution in [0.4, 0.5) is 5.13 Å². The van der Waals surface area contributed by atoms with Crippen LogP contribution in [-0.2, 0) is 16.6 Å². The highest BCUT2D eigenvalue weighted by Gasteiger charge is 2.30. The summed E-state index contributed by atoms with van der Waals surface area (Å²) < 4.78 is 31.4. The van der Waals surface area contributed by atoms with Gasteiger partial charge in [0.05, 0.1) is 21.4 Å². The largest absolute Gasteiger partial charge is 0.357 e. The SMILES string of the molecule is CC(Cn1ccnc1)Nc1nc2cc(S(=O)(=O)N3CCN(C(C)c4ccccc4)CC3)ccc2s1. The minimum atomic E-state index is -3.57. The Hall–Kier alpha value is -2.79. The summed E-state index contributed by atoms with van der Waals surface area (Å²) in [6.07, 6.45) is 5.47. The summed E-state index contributed by atoms with van der Waals surface area (Å²) in [5.41, 5.74) is 1.95. The van der Waals surface area contributed by atoms with Gasteiger partial charge in [-0.3, -0.25) is 4.90 Å². The van der Waals surface area contributed by atoms with Gasteiger partial charge in [-0.15, -0.1) is 0 Å². The number of anilines is 1. The summed E-state index contributed by atoms with van der Waals surface area (Å²) in [5.74, 6) is 0. The molecule has 0 saturated carbocycles. The minimum absolute atomic E-state index is 0.155. The molecular weight excluding hydrogens is 480 g/mol. The lowest BCUT2D eigenvalue weighted by Gasteiger charge is -2.37. The van der Waals surface area contributed by atoms with Crippen molar-refractivity contribution in [2.45, 2.75) is 37.4 Å². The van der Waals surface area contributed by atoms with Gasteiger partial charge in [0.25, 0.3) is 0 Å². The number of aromatic nitrogens is 3. The van der Waals surface area contributed by atoms with Gasteiger partial charge >= 0.3 is 0 Å². The third-order valence-electron chi connectivity index (χ3n) is 6.51. The molecule has 1 aliphatic heterocycles. The highest BCUT2D eigenvalue weighted by Crippen LogP contribution is 2.30. The first kappa shape index (κ1) is 23.9. The molecule has 0 spiro atoms. The zero-order chi connectivity index (χ0) is 24.4. The molecule has 4 aromatic rings. The lowest BCUT2D eigenvalue weighted by atomic mass is 10.1. The molecule has 0 bridgehead atoms. The Bertz CT molecular complexity index is 1360. The van der Waals surface area contributed by atoms with Gasteiger partial charge in [0.15, 0.2) is 5.13 Å². The van der Waals surface area contributed by atoms with Crippen molar-refractivity contribution in [2.24, 2.45) is 0 Å². The molecule has 0 amide bonds. The van der Waals surface area contributed by atoms with E-state index in [-0.39, 0.29) is 12.1 Å². The number of nitrogens with zero attached hydrogens (tertiary/aromatic N) is 5. The smallest absolute Gasteiger partial charge is 0.243 e. The van der Waals surface area contributed by atoms with Crippen LogP contribution in [0.2, 0.25) is 0 Å². The van der Waals surface area contributed by atoms with E-state index in [1.807, 2.05) is 35.0 Å². The predicted molar refractivity (Wildman–Crippen MR) is 140 cm³/mol. The normalized spacial score (nSPS) is 17.4. The molecule has 1 fully saturated rings. The highest BCUT2D eigenvalue weighted by molar-refractivity contribution is 7.89.